The Morgan fingerprint density at radius 3 is 2.90 bits per heavy atom. The van der Waals surface area contributed by atoms with Gasteiger partial charge in [0.15, 0.2) is 5.69 Å². The molecule has 1 aromatic carbocycles. The first-order valence-electron chi connectivity index (χ1n) is 5.89. The Labute approximate surface area is 115 Å². The van der Waals surface area contributed by atoms with Gasteiger partial charge in [-0.15, -0.1) is 0 Å². The summed E-state index contributed by atoms with van der Waals surface area (Å²) in [5.74, 6) is 4.27. The average molecular weight is 272 g/mol. The fourth-order valence-corrected chi connectivity index (χ4v) is 1.57. The molecular formula is C14H13FN4O. The molecule has 102 valence electrons. The molecule has 0 saturated carbocycles. The largest absolute Gasteiger partial charge is 0.320 e. The van der Waals surface area contributed by atoms with Gasteiger partial charge in [0.25, 0.3) is 5.91 Å². The second-order valence-electron chi connectivity index (χ2n) is 4.03. The number of carbonyl (C=O) groups excluding carboxylic acids is 1. The van der Waals surface area contributed by atoms with Gasteiger partial charge in [-0.05, 0) is 24.3 Å². The van der Waals surface area contributed by atoms with E-state index < -0.39 is 11.7 Å². The molecule has 0 atom stereocenters. The molecule has 0 bridgehead atoms. The van der Waals surface area contributed by atoms with Crippen LogP contribution in [-0.2, 0) is 7.05 Å². The molecule has 0 radical (unpaired) electrons. The molecule has 0 fully saturated rings. The van der Waals surface area contributed by atoms with E-state index in [1.165, 1.54) is 16.8 Å². The van der Waals surface area contributed by atoms with Crippen molar-refractivity contribution >= 4 is 11.6 Å². The van der Waals surface area contributed by atoms with Crippen molar-refractivity contribution in [2.75, 3.05) is 11.9 Å². The van der Waals surface area contributed by atoms with E-state index in [1.54, 1.807) is 25.4 Å². The Hall–Kier alpha value is -2.65. The number of benzene rings is 1. The number of carbonyl (C=O) groups is 1. The van der Waals surface area contributed by atoms with Crippen molar-refractivity contribution in [1.29, 1.82) is 0 Å². The highest BCUT2D eigenvalue weighted by molar-refractivity contribution is 6.02. The Kier molecular flexibility index (Phi) is 4.13. The molecule has 2 aromatic rings. The predicted molar refractivity (Wildman–Crippen MR) is 73.5 cm³/mol. The SMILES string of the molecule is Cn1ccc(C(=O)Nc2ccc(C#CCN)c(F)c2)n1. The highest BCUT2D eigenvalue weighted by atomic mass is 19.1. The third kappa shape index (κ3) is 3.22. The molecule has 1 heterocycles. The van der Waals surface area contributed by atoms with Gasteiger partial charge in [-0.25, -0.2) is 4.39 Å². The fraction of sp³-hybridized carbons (Fsp3) is 0.143. The van der Waals surface area contributed by atoms with E-state index in [2.05, 4.69) is 22.3 Å². The van der Waals surface area contributed by atoms with Crippen molar-refractivity contribution in [2.24, 2.45) is 12.8 Å². The summed E-state index contributed by atoms with van der Waals surface area (Å²) in [4.78, 5) is 11.8. The number of aryl methyl sites for hydroxylation is 1. The van der Waals surface area contributed by atoms with Crippen LogP contribution in [0.5, 0.6) is 0 Å². The Morgan fingerprint density at radius 1 is 1.50 bits per heavy atom. The second-order valence-corrected chi connectivity index (χ2v) is 4.03. The molecule has 0 unspecified atom stereocenters. The number of hydrogen-bond donors (Lipinski definition) is 2. The minimum atomic E-state index is -0.509. The predicted octanol–water partition coefficient (Wildman–Crippen LogP) is 1.12. The van der Waals surface area contributed by atoms with Gasteiger partial charge in [0, 0.05) is 18.9 Å². The van der Waals surface area contributed by atoms with Crippen molar-refractivity contribution in [3.8, 4) is 11.8 Å². The lowest BCUT2D eigenvalue weighted by Crippen LogP contribution is -2.13. The number of nitrogens with zero attached hydrogens (tertiary/aromatic N) is 2. The number of aromatic nitrogens is 2. The monoisotopic (exact) mass is 272 g/mol. The van der Waals surface area contributed by atoms with Crippen molar-refractivity contribution in [1.82, 2.24) is 9.78 Å². The minimum Gasteiger partial charge on any atom is -0.320 e. The van der Waals surface area contributed by atoms with E-state index in [0.29, 0.717) is 5.69 Å². The third-order valence-corrected chi connectivity index (χ3v) is 2.50. The lowest BCUT2D eigenvalue weighted by molar-refractivity contribution is 0.102. The third-order valence-electron chi connectivity index (χ3n) is 2.50. The number of amides is 1. The maximum Gasteiger partial charge on any atom is 0.276 e. The van der Waals surface area contributed by atoms with Gasteiger partial charge in [0.05, 0.1) is 12.1 Å². The maximum absolute atomic E-state index is 13.7. The highest BCUT2D eigenvalue weighted by Gasteiger charge is 2.10. The van der Waals surface area contributed by atoms with E-state index >= 15 is 0 Å². The van der Waals surface area contributed by atoms with Crippen LogP contribution in [-0.4, -0.2) is 22.2 Å². The number of halogens is 1. The summed E-state index contributed by atoms with van der Waals surface area (Å²) in [6, 6.07) is 5.85. The molecule has 20 heavy (non-hydrogen) atoms. The Bertz CT molecular complexity index is 697. The van der Waals surface area contributed by atoms with Gasteiger partial charge in [-0.3, -0.25) is 9.48 Å². The fourth-order valence-electron chi connectivity index (χ4n) is 1.57. The van der Waals surface area contributed by atoms with Crippen LogP contribution in [0.25, 0.3) is 0 Å². The summed E-state index contributed by atoms with van der Waals surface area (Å²) in [7, 11) is 1.71. The molecule has 0 saturated heterocycles. The Balaban J connectivity index is 2.14. The first-order valence-corrected chi connectivity index (χ1v) is 5.89. The average Bonchev–Trinajstić information content (AvgIpc) is 2.85. The van der Waals surface area contributed by atoms with E-state index in [4.69, 9.17) is 5.73 Å². The van der Waals surface area contributed by atoms with E-state index in [-0.39, 0.29) is 17.8 Å². The molecular weight excluding hydrogens is 259 g/mol. The lowest BCUT2D eigenvalue weighted by Gasteiger charge is -2.04. The molecule has 1 aromatic heterocycles. The van der Waals surface area contributed by atoms with Gasteiger partial charge in [-0.2, -0.15) is 5.10 Å². The van der Waals surface area contributed by atoms with Gasteiger partial charge in [0.2, 0.25) is 0 Å². The van der Waals surface area contributed by atoms with Crippen molar-refractivity contribution in [3.63, 3.8) is 0 Å². The zero-order valence-electron chi connectivity index (χ0n) is 10.9. The molecule has 0 aliphatic heterocycles. The summed E-state index contributed by atoms with van der Waals surface area (Å²) < 4.78 is 15.2. The number of nitrogens with two attached hydrogens (primary N) is 1. The number of hydrogen-bond acceptors (Lipinski definition) is 3. The van der Waals surface area contributed by atoms with Crippen LogP contribution >= 0.6 is 0 Å². The maximum atomic E-state index is 13.7. The zero-order chi connectivity index (χ0) is 14.5. The van der Waals surface area contributed by atoms with Gasteiger partial charge < -0.3 is 11.1 Å². The van der Waals surface area contributed by atoms with Crippen molar-refractivity contribution in [3.05, 3.63) is 47.5 Å². The van der Waals surface area contributed by atoms with E-state index in [0.717, 1.165) is 0 Å². The minimum absolute atomic E-state index is 0.164. The zero-order valence-corrected chi connectivity index (χ0v) is 10.9. The van der Waals surface area contributed by atoms with Crippen LogP contribution in [0.2, 0.25) is 0 Å². The molecule has 5 nitrogen and oxygen atoms in total. The van der Waals surface area contributed by atoms with Crippen LogP contribution < -0.4 is 11.1 Å². The summed E-state index contributed by atoms with van der Waals surface area (Å²) in [5.41, 5.74) is 6.08. The van der Waals surface area contributed by atoms with Crippen molar-refractivity contribution < 1.29 is 9.18 Å². The molecule has 0 aliphatic rings. The summed E-state index contributed by atoms with van der Waals surface area (Å²) in [6.45, 7) is 0.164. The van der Waals surface area contributed by atoms with E-state index in [1.807, 2.05) is 0 Å². The number of nitrogens with one attached hydrogen (secondary N) is 1. The van der Waals surface area contributed by atoms with Crippen LogP contribution in [0.3, 0.4) is 0 Å². The van der Waals surface area contributed by atoms with E-state index in [9.17, 15) is 9.18 Å². The van der Waals surface area contributed by atoms with Crippen LogP contribution in [0, 0.1) is 17.7 Å². The van der Waals surface area contributed by atoms with Crippen molar-refractivity contribution in [2.45, 2.75) is 0 Å². The molecule has 3 N–H and O–H groups in total. The van der Waals surface area contributed by atoms with Gasteiger partial charge >= 0.3 is 0 Å². The number of anilines is 1. The normalized spacial score (nSPS) is 9.75. The van der Waals surface area contributed by atoms with Crippen LogP contribution in [0.15, 0.2) is 30.5 Å². The second kappa shape index (κ2) is 5.99. The van der Waals surface area contributed by atoms with Crippen LogP contribution in [0.1, 0.15) is 16.1 Å². The smallest absolute Gasteiger partial charge is 0.276 e. The summed E-state index contributed by atoms with van der Waals surface area (Å²) in [5, 5.41) is 6.53. The lowest BCUT2D eigenvalue weighted by atomic mass is 10.2. The highest BCUT2D eigenvalue weighted by Crippen LogP contribution is 2.14. The van der Waals surface area contributed by atoms with Gasteiger partial charge in [0.1, 0.15) is 5.82 Å². The first-order chi connectivity index (χ1) is 9.60. The molecule has 6 heteroatoms. The number of rotatable bonds is 2. The molecule has 2 rings (SSSR count). The molecule has 0 spiro atoms. The topological polar surface area (TPSA) is 72.9 Å². The van der Waals surface area contributed by atoms with Gasteiger partial charge in [-0.1, -0.05) is 11.8 Å². The standard InChI is InChI=1S/C14H13FN4O/c1-19-8-6-13(18-19)14(20)17-11-5-4-10(3-2-7-16)12(15)9-11/h4-6,8-9H,7,16H2,1H3,(H,17,20). The molecule has 0 aliphatic carbocycles. The molecule has 1 amide bonds. The first kappa shape index (κ1) is 13.8. The van der Waals surface area contributed by atoms with Crippen LogP contribution in [0.4, 0.5) is 10.1 Å². The summed E-state index contributed by atoms with van der Waals surface area (Å²) >= 11 is 0. The summed E-state index contributed by atoms with van der Waals surface area (Å²) in [6.07, 6.45) is 1.65. The quantitative estimate of drug-likeness (QED) is 0.805. The Morgan fingerprint density at radius 2 is 2.30 bits per heavy atom.